The lowest BCUT2D eigenvalue weighted by molar-refractivity contribution is 0.307. The van der Waals surface area contributed by atoms with Gasteiger partial charge in [0.25, 0.3) is 0 Å². The molecule has 0 saturated carbocycles. The standard InChI is InChI=1S/C17H23N5OS/c1-12-8-14(17-18-20-22(4)19-17)9-13(2)16(12)23-7-5-6-15-10-21(3)11-24-15/h8-10H,5-7,11H2,1-4H3. The van der Waals surface area contributed by atoms with E-state index in [9.17, 15) is 0 Å². The molecular weight excluding hydrogens is 322 g/mol. The molecule has 1 aliphatic rings. The first kappa shape index (κ1) is 16.8. The van der Waals surface area contributed by atoms with Gasteiger partial charge < -0.3 is 9.64 Å². The predicted molar refractivity (Wildman–Crippen MR) is 96.7 cm³/mol. The van der Waals surface area contributed by atoms with Crippen molar-refractivity contribution in [3.8, 4) is 17.1 Å². The number of hydrogen-bond donors (Lipinski definition) is 0. The van der Waals surface area contributed by atoms with Crippen LogP contribution >= 0.6 is 11.8 Å². The number of thioether (sulfide) groups is 1. The van der Waals surface area contributed by atoms with Gasteiger partial charge in [0, 0.05) is 23.7 Å². The number of aryl methyl sites for hydroxylation is 3. The maximum atomic E-state index is 6.04. The first-order valence-corrected chi connectivity index (χ1v) is 9.03. The highest BCUT2D eigenvalue weighted by molar-refractivity contribution is 8.03. The normalized spacial score (nSPS) is 14.2. The Bertz CT molecular complexity index is 732. The minimum atomic E-state index is 0.643. The van der Waals surface area contributed by atoms with Gasteiger partial charge in [-0.15, -0.1) is 22.0 Å². The van der Waals surface area contributed by atoms with Crippen LogP contribution in [-0.2, 0) is 7.05 Å². The summed E-state index contributed by atoms with van der Waals surface area (Å²) in [7, 11) is 3.88. The Balaban J connectivity index is 1.60. The summed E-state index contributed by atoms with van der Waals surface area (Å²) in [6, 6.07) is 4.12. The van der Waals surface area contributed by atoms with Gasteiger partial charge >= 0.3 is 0 Å². The molecule has 0 radical (unpaired) electrons. The van der Waals surface area contributed by atoms with Crippen LogP contribution in [0.2, 0.25) is 0 Å². The van der Waals surface area contributed by atoms with E-state index in [0.29, 0.717) is 5.82 Å². The van der Waals surface area contributed by atoms with E-state index in [1.165, 1.54) is 9.70 Å². The van der Waals surface area contributed by atoms with Crippen LogP contribution in [0.3, 0.4) is 0 Å². The van der Waals surface area contributed by atoms with Crippen molar-refractivity contribution < 1.29 is 4.74 Å². The number of aromatic nitrogens is 4. The van der Waals surface area contributed by atoms with Gasteiger partial charge in [-0.3, -0.25) is 0 Å². The van der Waals surface area contributed by atoms with Gasteiger partial charge in [-0.05, 0) is 55.2 Å². The molecule has 0 fully saturated rings. The number of nitrogens with zero attached hydrogens (tertiary/aromatic N) is 5. The maximum Gasteiger partial charge on any atom is 0.204 e. The van der Waals surface area contributed by atoms with Crippen molar-refractivity contribution in [1.82, 2.24) is 25.1 Å². The Morgan fingerprint density at radius 1 is 1.21 bits per heavy atom. The fourth-order valence-corrected chi connectivity index (χ4v) is 3.76. The Morgan fingerprint density at radius 2 is 1.96 bits per heavy atom. The van der Waals surface area contributed by atoms with Gasteiger partial charge in [0.15, 0.2) is 0 Å². The van der Waals surface area contributed by atoms with E-state index in [2.05, 4.69) is 59.5 Å². The van der Waals surface area contributed by atoms with Crippen molar-refractivity contribution >= 4 is 11.8 Å². The lowest BCUT2D eigenvalue weighted by Crippen LogP contribution is -2.03. The summed E-state index contributed by atoms with van der Waals surface area (Å²) >= 11 is 1.91. The van der Waals surface area contributed by atoms with Crippen molar-refractivity contribution in [2.24, 2.45) is 7.05 Å². The summed E-state index contributed by atoms with van der Waals surface area (Å²) < 4.78 is 6.04. The van der Waals surface area contributed by atoms with Crippen molar-refractivity contribution in [3.05, 3.63) is 34.4 Å². The Labute approximate surface area is 146 Å². The molecule has 0 aliphatic carbocycles. The molecule has 1 aliphatic heterocycles. The van der Waals surface area contributed by atoms with Crippen molar-refractivity contribution in [2.45, 2.75) is 26.7 Å². The van der Waals surface area contributed by atoms with Gasteiger partial charge in [0.05, 0.1) is 19.5 Å². The third kappa shape index (κ3) is 3.90. The zero-order valence-electron chi connectivity index (χ0n) is 14.6. The van der Waals surface area contributed by atoms with Crippen molar-refractivity contribution in [3.63, 3.8) is 0 Å². The average molecular weight is 345 g/mol. The van der Waals surface area contributed by atoms with E-state index in [1.807, 2.05) is 11.8 Å². The molecule has 3 rings (SSSR count). The Kier molecular flexibility index (Phi) is 5.08. The third-order valence-corrected chi connectivity index (χ3v) is 5.08. The predicted octanol–water partition coefficient (Wildman–Crippen LogP) is 3.13. The highest BCUT2D eigenvalue weighted by atomic mass is 32.2. The van der Waals surface area contributed by atoms with Gasteiger partial charge in [0.1, 0.15) is 5.75 Å². The molecule has 128 valence electrons. The third-order valence-electron chi connectivity index (χ3n) is 3.86. The Morgan fingerprint density at radius 3 is 2.54 bits per heavy atom. The molecule has 0 unspecified atom stereocenters. The van der Waals surface area contributed by atoms with Gasteiger partial charge in [-0.1, -0.05) is 0 Å². The molecular formula is C17H23N5OS. The molecule has 0 spiro atoms. The summed E-state index contributed by atoms with van der Waals surface area (Å²) in [5, 5.41) is 12.2. The summed E-state index contributed by atoms with van der Waals surface area (Å²) in [4.78, 5) is 5.13. The number of allylic oxidation sites excluding steroid dienone is 1. The van der Waals surface area contributed by atoms with Crippen LogP contribution in [0.5, 0.6) is 5.75 Å². The summed E-state index contributed by atoms with van der Waals surface area (Å²) in [5.41, 5.74) is 3.18. The van der Waals surface area contributed by atoms with E-state index >= 15 is 0 Å². The lowest BCUT2D eigenvalue weighted by Gasteiger charge is -2.13. The second kappa shape index (κ2) is 7.25. The number of tetrazole rings is 1. The molecule has 2 heterocycles. The molecule has 2 aromatic rings. The summed E-state index contributed by atoms with van der Waals surface area (Å²) in [6.45, 7) is 4.85. The van der Waals surface area contributed by atoms with E-state index in [4.69, 9.17) is 4.74 Å². The molecule has 1 aromatic carbocycles. The van der Waals surface area contributed by atoms with Crippen molar-refractivity contribution in [1.29, 1.82) is 0 Å². The minimum Gasteiger partial charge on any atom is -0.493 e. The highest BCUT2D eigenvalue weighted by Crippen LogP contribution is 2.30. The molecule has 6 nitrogen and oxygen atoms in total. The number of ether oxygens (including phenoxy) is 1. The molecule has 0 amide bonds. The first-order valence-electron chi connectivity index (χ1n) is 8.05. The van der Waals surface area contributed by atoms with Crippen LogP contribution in [0.4, 0.5) is 0 Å². The molecule has 0 bridgehead atoms. The summed E-state index contributed by atoms with van der Waals surface area (Å²) in [6.07, 6.45) is 4.33. The smallest absolute Gasteiger partial charge is 0.204 e. The molecule has 0 N–H and O–H groups in total. The second-order valence-electron chi connectivity index (χ2n) is 6.12. The van der Waals surface area contributed by atoms with E-state index in [0.717, 1.165) is 47.8 Å². The number of rotatable bonds is 6. The van der Waals surface area contributed by atoms with Gasteiger partial charge in [0.2, 0.25) is 5.82 Å². The van der Waals surface area contributed by atoms with Crippen LogP contribution in [-0.4, -0.2) is 44.6 Å². The van der Waals surface area contributed by atoms with Crippen LogP contribution in [0, 0.1) is 13.8 Å². The minimum absolute atomic E-state index is 0.643. The van der Waals surface area contributed by atoms with Crippen LogP contribution < -0.4 is 4.74 Å². The number of benzene rings is 1. The van der Waals surface area contributed by atoms with Gasteiger partial charge in [-0.25, -0.2) is 0 Å². The van der Waals surface area contributed by atoms with Gasteiger partial charge in [-0.2, -0.15) is 4.80 Å². The Hall–Kier alpha value is -2.02. The summed E-state index contributed by atoms with van der Waals surface area (Å²) in [5.74, 6) is 2.67. The quantitative estimate of drug-likeness (QED) is 0.750. The number of hydrogen-bond acceptors (Lipinski definition) is 6. The van der Waals surface area contributed by atoms with Crippen LogP contribution in [0.25, 0.3) is 11.4 Å². The second-order valence-corrected chi connectivity index (χ2v) is 7.19. The maximum absolute atomic E-state index is 6.04. The van der Waals surface area contributed by atoms with Crippen LogP contribution in [0.15, 0.2) is 23.2 Å². The van der Waals surface area contributed by atoms with E-state index in [1.54, 1.807) is 7.05 Å². The topological polar surface area (TPSA) is 56.1 Å². The highest BCUT2D eigenvalue weighted by Gasteiger charge is 2.12. The zero-order chi connectivity index (χ0) is 17.1. The molecule has 24 heavy (non-hydrogen) atoms. The fraction of sp³-hybridized carbons (Fsp3) is 0.471. The molecule has 1 aromatic heterocycles. The van der Waals surface area contributed by atoms with Crippen LogP contribution in [0.1, 0.15) is 24.0 Å². The SMILES string of the molecule is Cc1cc(-c2nnn(C)n2)cc(C)c1OCCCC1=CN(C)CS1. The lowest BCUT2D eigenvalue weighted by atomic mass is 10.1. The fourth-order valence-electron chi connectivity index (χ4n) is 2.77. The first-order chi connectivity index (χ1) is 11.5. The monoisotopic (exact) mass is 345 g/mol. The zero-order valence-corrected chi connectivity index (χ0v) is 15.4. The average Bonchev–Trinajstić information content (AvgIpc) is 3.14. The molecule has 0 saturated heterocycles. The van der Waals surface area contributed by atoms with Crippen molar-refractivity contribution in [2.75, 3.05) is 19.5 Å². The molecule has 7 heteroatoms. The largest absolute Gasteiger partial charge is 0.493 e. The molecule has 0 atom stereocenters. The van der Waals surface area contributed by atoms with E-state index < -0.39 is 0 Å². The van der Waals surface area contributed by atoms with E-state index in [-0.39, 0.29) is 0 Å².